The van der Waals surface area contributed by atoms with Crippen molar-refractivity contribution in [2.45, 2.75) is 50.3 Å². The summed E-state index contributed by atoms with van der Waals surface area (Å²) in [4.78, 5) is 27.8. The summed E-state index contributed by atoms with van der Waals surface area (Å²) >= 11 is 18.0. The molecule has 1 atom stereocenters. The Morgan fingerprint density at radius 1 is 0.930 bits per heavy atom. The van der Waals surface area contributed by atoms with Gasteiger partial charge in [0.1, 0.15) is 12.6 Å². The smallest absolute Gasteiger partial charge is 0.354 e. The summed E-state index contributed by atoms with van der Waals surface area (Å²) in [5.74, 6) is -1.35. The van der Waals surface area contributed by atoms with Crippen LogP contribution in [0.4, 0.5) is 18.9 Å². The highest BCUT2D eigenvalue weighted by atomic mass is 35.5. The van der Waals surface area contributed by atoms with Crippen molar-refractivity contribution in [1.29, 1.82) is 0 Å². The summed E-state index contributed by atoms with van der Waals surface area (Å²) in [5.41, 5.74) is -1.23. The fourth-order valence-corrected chi connectivity index (χ4v) is 6.06. The van der Waals surface area contributed by atoms with Crippen LogP contribution in [0.25, 0.3) is 0 Å². The molecule has 0 bridgehead atoms. The molecule has 3 aromatic rings. The van der Waals surface area contributed by atoms with E-state index in [2.05, 4.69) is 5.32 Å². The lowest BCUT2D eigenvalue weighted by Crippen LogP contribution is -2.51. The summed E-state index contributed by atoms with van der Waals surface area (Å²) in [7, 11) is -4.57. The second-order valence-corrected chi connectivity index (χ2v) is 12.7. The Morgan fingerprint density at radius 3 is 2.19 bits per heavy atom. The normalized spacial score (nSPS) is 12.5. The number of halogens is 6. The Bertz CT molecular complexity index is 1560. The average Bonchev–Trinajstić information content (AvgIpc) is 2.96. The molecular weight excluding hydrogens is 650 g/mol. The molecule has 0 fully saturated rings. The Hall–Kier alpha value is -2.99. The number of unbranched alkanes of at least 4 members (excludes halogenated alkanes) is 1. The Labute approximate surface area is 263 Å². The molecule has 0 aliphatic carbocycles. The van der Waals surface area contributed by atoms with Crippen LogP contribution in [-0.2, 0) is 32.3 Å². The number of carbonyl (C=O) groups excluding carboxylic acids is 2. The minimum Gasteiger partial charge on any atom is -0.354 e. The fourth-order valence-electron chi connectivity index (χ4n) is 4.09. The highest BCUT2D eigenvalue weighted by Crippen LogP contribution is 2.38. The van der Waals surface area contributed by atoms with Crippen molar-refractivity contribution in [1.82, 2.24) is 10.2 Å². The molecule has 43 heavy (non-hydrogen) atoms. The zero-order chi connectivity index (χ0) is 31.9. The van der Waals surface area contributed by atoms with E-state index in [0.29, 0.717) is 28.9 Å². The summed E-state index contributed by atoms with van der Waals surface area (Å²) in [6.07, 6.45) is -3.39. The van der Waals surface area contributed by atoms with Gasteiger partial charge in [0.25, 0.3) is 10.0 Å². The van der Waals surface area contributed by atoms with Crippen LogP contribution in [-0.4, -0.2) is 44.3 Å². The molecule has 0 saturated heterocycles. The summed E-state index contributed by atoms with van der Waals surface area (Å²) in [5, 5.41) is 2.56. The van der Waals surface area contributed by atoms with Gasteiger partial charge in [0.2, 0.25) is 11.8 Å². The Balaban J connectivity index is 2.09. The Kier molecular flexibility index (Phi) is 11.8. The third kappa shape index (κ3) is 8.78. The predicted octanol–water partition coefficient (Wildman–Crippen LogP) is 7.19. The van der Waals surface area contributed by atoms with Crippen LogP contribution in [0.1, 0.15) is 37.8 Å². The highest BCUT2D eigenvalue weighted by Gasteiger charge is 2.37. The topological polar surface area (TPSA) is 86.8 Å². The van der Waals surface area contributed by atoms with Gasteiger partial charge in [-0.3, -0.25) is 13.9 Å². The van der Waals surface area contributed by atoms with Crippen LogP contribution in [0, 0.1) is 0 Å². The molecule has 7 nitrogen and oxygen atoms in total. The van der Waals surface area contributed by atoms with Crippen LogP contribution in [0.2, 0.25) is 15.1 Å². The van der Waals surface area contributed by atoms with Gasteiger partial charge in [0, 0.05) is 13.1 Å². The van der Waals surface area contributed by atoms with Crippen LogP contribution < -0.4 is 9.62 Å². The number of nitrogens with one attached hydrogen (secondary N) is 1. The molecule has 0 spiro atoms. The van der Waals surface area contributed by atoms with E-state index in [-0.39, 0.29) is 21.5 Å². The number of rotatable bonds is 12. The molecule has 0 heterocycles. The predicted molar refractivity (Wildman–Crippen MR) is 162 cm³/mol. The van der Waals surface area contributed by atoms with E-state index in [0.717, 1.165) is 23.5 Å². The van der Waals surface area contributed by atoms with Crippen molar-refractivity contribution in [3.8, 4) is 0 Å². The number of anilines is 1. The first-order valence-corrected chi connectivity index (χ1v) is 15.7. The first kappa shape index (κ1) is 34.5. The molecule has 0 aliphatic heterocycles. The van der Waals surface area contributed by atoms with E-state index in [9.17, 15) is 31.2 Å². The second-order valence-electron chi connectivity index (χ2n) is 9.58. The van der Waals surface area contributed by atoms with Crippen molar-refractivity contribution >= 4 is 62.3 Å². The molecule has 1 N–H and O–H groups in total. The number of carbonyl (C=O) groups is 2. The van der Waals surface area contributed by atoms with Gasteiger partial charge in [-0.1, -0.05) is 72.4 Å². The summed E-state index contributed by atoms with van der Waals surface area (Å²) in [6.45, 7) is 2.67. The molecular formula is C29H29Cl3F3N3O4S. The fraction of sp³-hybridized carbons (Fsp3) is 0.310. The average molecular weight is 679 g/mol. The number of hydrogen-bond acceptors (Lipinski definition) is 4. The monoisotopic (exact) mass is 677 g/mol. The number of hydrogen-bond donors (Lipinski definition) is 1. The van der Waals surface area contributed by atoms with E-state index >= 15 is 0 Å². The number of nitrogens with zero attached hydrogens (tertiary/aromatic N) is 2. The van der Waals surface area contributed by atoms with Crippen LogP contribution in [0.3, 0.4) is 0 Å². The summed E-state index contributed by atoms with van der Waals surface area (Å²) < 4.78 is 69.3. The van der Waals surface area contributed by atoms with Gasteiger partial charge in [-0.05, 0) is 61.4 Å². The van der Waals surface area contributed by atoms with Crippen molar-refractivity contribution in [3.05, 3.63) is 92.9 Å². The molecule has 3 rings (SSSR count). The minimum absolute atomic E-state index is 0.175. The molecule has 0 saturated carbocycles. The van der Waals surface area contributed by atoms with Gasteiger partial charge in [0.15, 0.2) is 0 Å². The first-order valence-electron chi connectivity index (χ1n) is 13.1. The summed E-state index contributed by atoms with van der Waals surface area (Å²) in [6, 6.07) is 13.0. The van der Waals surface area contributed by atoms with Crippen LogP contribution in [0.15, 0.2) is 71.6 Å². The van der Waals surface area contributed by atoms with Gasteiger partial charge in [-0.2, -0.15) is 13.2 Å². The zero-order valence-electron chi connectivity index (χ0n) is 23.2. The van der Waals surface area contributed by atoms with E-state index in [4.69, 9.17) is 34.8 Å². The van der Waals surface area contributed by atoms with Crippen molar-refractivity contribution < 1.29 is 31.2 Å². The Morgan fingerprint density at radius 2 is 1.58 bits per heavy atom. The largest absolute Gasteiger partial charge is 0.417 e. The maximum Gasteiger partial charge on any atom is 0.417 e. The molecule has 0 aliphatic rings. The molecule has 0 unspecified atom stereocenters. The quantitative estimate of drug-likeness (QED) is 0.206. The molecule has 2 amide bonds. The third-order valence-electron chi connectivity index (χ3n) is 6.49. The van der Waals surface area contributed by atoms with Crippen LogP contribution in [0.5, 0.6) is 0 Å². The van der Waals surface area contributed by atoms with Crippen molar-refractivity contribution in [2.75, 3.05) is 17.4 Å². The molecule has 3 aromatic carbocycles. The second kappa shape index (κ2) is 14.7. The lowest BCUT2D eigenvalue weighted by molar-refractivity contribution is -0.139. The maximum atomic E-state index is 13.9. The van der Waals surface area contributed by atoms with E-state index < -0.39 is 56.9 Å². The minimum atomic E-state index is -4.90. The number of amides is 2. The molecule has 232 valence electrons. The van der Waals surface area contributed by atoms with Gasteiger partial charge in [0.05, 0.1) is 31.2 Å². The van der Waals surface area contributed by atoms with Crippen molar-refractivity contribution in [3.63, 3.8) is 0 Å². The number of benzene rings is 3. The molecule has 14 heteroatoms. The van der Waals surface area contributed by atoms with Crippen molar-refractivity contribution in [2.24, 2.45) is 0 Å². The lowest BCUT2D eigenvalue weighted by atomic mass is 10.1. The van der Waals surface area contributed by atoms with E-state index in [1.807, 2.05) is 6.92 Å². The van der Waals surface area contributed by atoms with Gasteiger partial charge in [-0.25, -0.2) is 8.42 Å². The standard InChI is InChI=1S/C29H29Cl3F3N3O4S/c1-3-4-14-36-28(40)19(2)37(17-20-10-12-25(31)26(32)15-20)27(39)18-38(43(41,42)22-8-6-5-7-9-22)21-11-13-24(30)23(16-21)29(33,34)35/h5-13,15-16,19H,3-4,14,17-18H2,1-2H3,(H,36,40)/t19-/m0/s1. The number of sulfonamides is 1. The first-order chi connectivity index (χ1) is 20.2. The lowest BCUT2D eigenvalue weighted by Gasteiger charge is -2.32. The van der Waals surface area contributed by atoms with Crippen LogP contribution >= 0.6 is 34.8 Å². The molecule has 0 aromatic heterocycles. The van der Waals surface area contributed by atoms with Gasteiger partial charge < -0.3 is 10.2 Å². The van der Waals surface area contributed by atoms with E-state index in [1.165, 1.54) is 43.3 Å². The number of alkyl halides is 3. The zero-order valence-corrected chi connectivity index (χ0v) is 26.3. The highest BCUT2D eigenvalue weighted by molar-refractivity contribution is 7.92. The molecule has 0 radical (unpaired) electrons. The SMILES string of the molecule is CCCCNC(=O)[C@H](C)N(Cc1ccc(Cl)c(Cl)c1)C(=O)CN(c1ccc(Cl)c(C(F)(F)F)c1)S(=O)(=O)c1ccccc1. The van der Waals surface area contributed by atoms with Gasteiger partial charge in [-0.15, -0.1) is 0 Å². The van der Waals surface area contributed by atoms with E-state index in [1.54, 1.807) is 12.1 Å². The van der Waals surface area contributed by atoms with Gasteiger partial charge >= 0.3 is 6.18 Å². The third-order valence-corrected chi connectivity index (χ3v) is 9.34. The maximum absolute atomic E-state index is 13.9.